The van der Waals surface area contributed by atoms with Crippen LogP contribution >= 0.6 is 11.6 Å². The topological polar surface area (TPSA) is 48.0 Å². The molecule has 3 aromatic rings. The number of carbonyl (C=O) groups excluding carboxylic acids is 1. The van der Waals surface area contributed by atoms with Gasteiger partial charge in [0.15, 0.2) is 11.5 Å². The van der Waals surface area contributed by atoms with Crippen LogP contribution in [0.5, 0.6) is 17.2 Å². The zero-order chi connectivity index (χ0) is 22.1. The molecule has 0 bridgehead atoms. The number of hydrogen-bond donors (Lipinski definition) is 0. The monoisotopic (exact) mass is 441 g/mol. The first-order valence-electron chi connectivity index (χ1n) is 9.66. The van der Waals surface area contributed by atoms with E-state index in [9.17, 15) is 9.18 Å². The van der Waals surface area contributed by atoms with Crippen LogP contribution in [-0.4, -0.2) is 26.2 Å². The summed E-state index contributed by atoms with van der Waals surface area (Å²) in [5, 5.41) is 0.592. The lowest BCUT2D eigenvalue weighted by atomic mass is 9.89. The Balaban J connectivity index is 1.73. The second-order valence-electron chi connectivity index (χ2n) is 7.19. The summed E-state index contributed by atoms with van der Waals surface area (Å²) in [5.41, 5.74) is 2.21. The summed E-state index contributed by atoms with van der Waals surface area (Å²) in [7, 11) is 3.11. The summed E-state index contributed by atoms with van der Waals surface area (Å²) in [6.07, 6.45) is -0.761. The molecule has 3 aromatic carbocycles. The number of benzene rings is 3. The Morgan fingerprint density at radius 1 is 0.903 bits per heavy atom. The van der Waals surface area contributed by atoms with Crippen molar-refractivity contribution in [1.82, 2.24) is 0 Å². The van der Waals surface area contributed by atoms with E-state index in [1.165, 1.54) is 12.1 Å². The van der Waals surface area contributed by atoms with E-state index in [0.29, 0.717) is 28.0 Å². The minimum Gasteiger partial charge on any atom is -0.493 e. The zero-order valence-corrected chi connectivity index (χ0v) is 18.0. The molecule has 0 radical (unpaired) electrons. The maximum absolute atomic E-state index is 13.4. The fraction of sp³-hybridized carbons (Fsp3) is 0.208. The number of aryl methyl sites for hydroxylation is 1. The molecular weight excluding hydrogens is 421 g/mol. The zero-order valence-electron chi connectivity index (χ0n) is 17.3. The van der Waals surface area contributed by atoms with Gasteiger partial charge < -0.3 is 14.2 Å². The second kappa shape index (κ2) is 8.47. The van der Waals surface area contributed by atoms with Crippen LogP contribution in [0.3, 0.4) is 0 Å². The maximum atomic E-state index is 13.4. The number of nitrogens with zero attached hydrogens (tertiary/aromatic N) is 1. The normalized spacial score (nSPS) is 17.8. The van der Waals surface area contributed by atoms with Gasteiger partial charge in [-0.15, -0.1) is 0 Å². The number of ether oxygens (including phenoxy) is 3. The highest BCUT2D eigenvalue weighted by Crippen LogP contribution is 2.43. The predicted octanol–water partition coefficient (Wildman–Crippen LogP) is 5.34. The molecule has 160 valence electrons. The number of amides is 1. The molecule has 1 saturated heterocycles. The van der Waals surface area contributed by atoms with Crippen LogP contribution in [-0.2, 0) is 4.79 Å². The van der Waals surface area contributed by atoms with E-state index in [1.807, 2.05) is 19.1 Å². The van der Waals surface area contributed by atoms with Gasteiger partial charge in [0.25, 0.3) is 5.91 Å². The van der Waals surface area contributed by atoms with E-state index >= 15 is 0 Å². The summed E-state index contributed by atoms with van der Waals surface area (Å²) in [6.45, 7) is 1.87. The average molecular weight is 442 g/mol. The van der Waals surface area contributed by atoms with E-state index < -0.39 is 12.1 Å². The van der Waals surface area contributed by atoms with E-state index in [0.717, 1.165) is 11.1 Å². The molecule has 0 aromatic heterocycles. The van der Waals surface area contributed by atoms with E-state index in [2.05, 4.69) is 0 Å². The highest BCUT2D eigenvalue weighted by molar-refractivity contribution is 6.30. The molecule has 1 aliphatic heterocycles. The molecule has 31 heavy (non-hydrogen) atoms. The summed E-state index contributed by atoms with van der Waals surface area (Å²) >= 11 is 6.05. The van der Waals surface area contributed by atoms with E-state index in [-0.39, 0.29) is 11.7 Å². The van der Waals surface area contributed by atoms with Crippen LogP contribution in [0.15, 0.2) is 60.7 Å². The Kier molecular flexibility index (Phi) is 5.74. The first-order valence-corrected chi connectivity index (χ1v) is 10.0. The van der Waals surface area contributed by atoms with Crippen molar-refractivity contribution in [1.29, 1.82) is 0 Å². The fourth-order valence-electron chi connectivity index (χ4n) is 3.71. The first-order chi connectivity index (χ1) is 14.9. The number of carbonyl (C=O) groups is 1. The molecule has 1 aliphatic rings. The van der Waals surface area contributed by atoms with Gasteiger partial charge in [-0.2, -0.15) is 0 Å². The van der Waals surface area contributed by atoms with Gasteiger partial charge in [-0.1, -0.05) is 17.7 Å². The van der Waals surface area contributed by atoms with Crippen molar-refractivity contribution in [2.24, 2.45) is 0 Å². The van der Waals surface area contributed by atoms with Crippen LogP contribution in [0.1, 0.15) is 17.2 Å². The van der Waals surface area contributed by atoms with Gasteiger partial charge >= 0.3 is 0 Å². The van der Waals surface area contributed by atoms with Crippen molar-refractivity contribution in [3.05, 3.63) is 82.6 Å². The van der Waals surface area contributed by atoms with Gasteiger partial charge in [-0.3, -0.25) is 9.69 Å². The minimum absolute atomic E-state index is 0.222. The molecule has 1 heterocycles. The number of β-lactam (4-membered cyclic amide) rings is 1. The summed E-state index contributed by atoms with van der Waals surface area (Å²) in [6, 6.07) is 16.1. The Bertz CT molecular complexity index is 1120. The van der Waals surface area contributed by atoms with Crippen LogP contribution in [0.2, 0.25) is 5.02 Å². The van der Waals surface area contributed by atoms with Gasteiger partial charge in [0.05, 0.1) is 14.2 Å². The van der Waals surface area contributed by atoms with Gasteiger partial charge in [-0.25, -0.2) is 4.39 Å². The molecule has 0 aliphatic carbocycles. The lowest BCUT2D eigenvalue weighted by Gasteiger charge is -2.46. The molecule has 1 amide bonds. The molecular formula is C24H21ClFNO4. The van der Waals surface area contributed by atoms with Crippen LogP contribution in [0.25, 0.3) is 0 Å². The van der Waals surface area contributed by atoms with Gasteiger partial charge in [0.2, 0.25) is 6.10 Å². The van der Waals surface area contributed by atoms with Crippen molar-refractivity contribution in [2.45, 2.75) is 19.1 Å². The third kappa shape index (κ3) is 3.91. The van der Waals surface area contributed by atoms with Crippen molar-refractivity contribution in [3.63, 3.8) is 0 Å². The molecule has 0 saturated carbocycles. The Hall–Kier alpha value is -3.25. The summed E-state index contributed by atoms with van der Waals surface area (Å²) < 4.78 is 30.3. The molecule has 5 nitrogen and oxygen atoms in total. The quantitative estimate of drug-likeness (QED) is 0.484. The molecule has 2 atom stereocenters. The SMILES string of the molecule is COc1ccc([C@@H]2[C@H](Oc3ccc(Cl)cc3C)C(=O)N2c2ccc(F)cc2)cc1OC. The third-order valence-corrected chi connectivity index (χ3v) is 5.53. The van der Waals surface area contributed by atoms with Crippen LogP contribution < -0.4 is 19.1 Å². The summed E-state index contributed by atoms with van der Waals surface area (Å²) in [4.78, 5) is 14.7. The highest BCUT2D eigenvalue weighted by Gasteiger charge is 2.51. The smallest absolute Gasteiger partial charge is 0.271 e. The lowest BCUT2D eigenvalue weighted by Crippen LogP contribution is -2.61. The fourth-order valence-corrected chi connectivity index (χ4v) is 3.94. The third-order valence-electron chi connectivity index (χ3n) is 5.29. The molecule has 7 heteroatoms. The maximum Gasteiger partial charge on any atom is 0.271 e. The molecule has 4 rings (SSSR count). The van der Waals surface area contributed by atoms with E-state index in [1.54, 1.807) is 55.5 Å². The van der Waals surface area contributed by atoms with Crippen molar-refractivity contribution in [3.8, 4) is 17.2 Å². The van der Waals surface area contributed by atoms with Gasteiger partial charge in [-0.05, 0) is 72.6 Å². The van der Waals surface area contributed by atoms with Crippen molar-refractivity contribution < 1.29 is 23.4 Å². The van der Waals surface area contributed by atoms with Crippen molar-refractivity contribution >= 4 is 23.2 Å². The number of rotatable bonds is 6. The highest BCUT2D eigenvalue weighted by atomic mass is 35.5. The minimum atomic E-state index is -0.761. The number of halogens is 2. The van der Waals surface area contributed by atoms with E-state index in [4.69, 9.17) is 25.8 Å². The Labute approximate surface area is 184 Å². The average Bonchev–Trinajstić information content (AvgIpc) is 2.77. The standard InChI is InChI=1S/C24H21ClFNO4/c1-14-12-16(25)5-11-19(14)31-23-22(15-4-10-20(29-2)21(13-15)30-3)27(24(23)28)18-8-6-17(26)7-9-18/h4-13,22-23H,1-3H3/t22-,23+/m1/s1. The summed E-state index contributed by atoms with van der Waals surface area (Å²) in [5.74, 6) is 1.10. The van der Waals surface area contributed by atoms with Crippen molar-refractivity contribution in [2.75, 3.05) is 19.1 Å². The first kappa shape index (κ1) is 21.0. The van der Waals surface area contributed by atoms with Gasteiger partial charge in [0.1, 0.15) is 17.6 Å². The van der Waals surface area contributed by atoms with Crippen LogP contribution in [0.4, 0.5) is 10.1 Å². The van der Waals surface area contributed by atoms with Crippen LogP contribution in [0, 0.1) is 12.7 Å². The molecule has 0 unspecified atom stereocenters. The Morgan fingerprint density at radius 2 is 1.58 bits per heavy atom. The molecule has 1 fully saturated rings. The molecule has 0 spiro atoms. The number of hydrogen-bond acceptors (Lipinski definition) is 4. The largest absolute Gasteiger partial charge is 0.493 e. The lowest BCUT2D eigenvalue weighted by molar-refractivity contribution is -0.135. The Morgan fingerprint density at radius 3 is 2.23 bits per heavy atom. The number of anilines is 1. The number of methoxy groups -OCH3 is 2. The second-order valence-corrected chi connectivity index (χ2v) is 7.63. The van der Waals surface area contributed by atoms with Gasteiger partial charge in [0, 0.05) is 10.7 Å². The molecule has 0 N–H and O–H groups in total. The predicted molar refractivity (Wildman–Crippen MR) is 117 cm³/mol.